The lowest BCUT2D eigenvalue weighted by Gasteiger charge is -2.11. The first-order chi connectivity index (χ1) is 10.2. The van der Waals surface area contributed by atoms with Gasteiger partial charge in [0.15, 0.2) is 0 Å². The molecule has 2 heteroatoms. The van der Waals surface area contributed by atoms with E-state index in [2.05, 4.69) is 32.0 Å². The van der Waals surface area contributed by atoms with Crippen molar-refractivity contribution in [1.82, 2.24) is 0 Å². The van der Waals surface area contributed by atoms with Crippen molar-refractivity contribution in [3.05, 3.63) is 65.2 Å². The fourth-order valence-corrected chi connectivity index (χ4v) is 2.25. The standard InChI is InChI=1S/C19H21NO/c1-3-16-5-4-6-19(13-16)21-12-11-18(14-20)17-9-7-15(2)8-10-17/h4-10,13,18H,3,11-12H2,1-2H3. The molecule has 0 aliphatic heterocycles. The number of benzene rings is 2. The highest BCUT2D eigenvalue weighted by Gasteiger charge is 2.10. The van der Waals surface area contributed by atoms with Gasteiger partial charge in [-0.3, -0.25) is 0 Å². The number of rotatable bonds is 6. The molecule has 0 saturated heterocycles. The van der Waals surface area contributed by atoms with Gasteiger partial charge in [0.25, 0.3) is 0 Å². The van der Waals surface area contributed by atoms with E-state index in [1.54, 1.807) is 0 Å². The molecule has 0 aliphatic rings. The number of nitrogens with zero attached hydrogens (tertiary/aromatic N) is 1. The van der Waals surface area contributed by atoms with E-state index in [-0.39, 0.29) is 5.92 Å². The molecule has 2 aromatic rings. The van der Waals surface area contributed by atoms with Gasteiger partial charge in [0.05, 0.1) is 18.6 Å². The molecular formula is C19H21NO. The van der Waals surface area contributed by atoms with Crippen LogP contribution in [0.2, 0.25) is 0 Å². The van der Waals surface area contributed by atoms with Crippen molar-refractivity contribution in [3.8, 4) is 11.8 Å². The lowest BCUT2D eigenvalue weighted by Crippen LogP contribution is -2.04. The molecule has 2 rings (SSSR count). The van der Waals surface area contributed by atoms with Gasteiger partial charge in [-0.1, -0.05) is 48.9 Å². The number of hydrogen-bond donors (Lipinski definition) is 0. The third-order valence-corrected chi connectivity index (χ3v) is 3.62. The van der Waals surface area contributed by atoms with Crippen LogP contribution in [0.1, 0.15) is 36.0 Å². The Kier molecular flexibility index (Phi) is 5.40. The summed E-state index contributed by atoms with van der Waals surface area (Å²) in [5.74, 6) is 0.773. The second-order valence-corrected chi connectivity index (χ2v) is 5.23. The van der Waals surface area contributed by atoms with Crippen LogP contribution in [0, 0.1) is 18.3 Å². The molecule has 0 fully saturated rings. The molecule has 0 heterocycles. The van der Waals surface area contributed by atoms with Gasteiger partial charge in [0, 0.05) is 6.42 Å². The molecule has 0 aromatic heterocycles. The normalized spacial score (nSPS) is 11.7. The lowest BCUT2D eigenvalue weighted by atomic mass is 9.97. The first-order valence-corrected chi connectivity index (χ1v) is 7.41. The van der Waals surface area contributed by atoms with Crippen LogP contribution in [0.5, 0.6) is 5.75 Å². The average Bonchev–Trinajstić information content (AvgIpc) is 2.53. The number of aryl methyl sites for hydroxylation is 2. The van der Waals surface area contributed by atoms with Crippen molar-refractivity contribution in [2.75, 3.05) is 6.61 Å². The fourth-order valence-electron chi connectivity index (χ4n) is 2.25. The Hall–Kier alpha value is -2.27. The predicted molar refractivity (Wildman–Crippen MR) is 85.5 cm³/mol. The van der Waals surface area contributed by atoms with Gasteiger partial charge < -0.3 is 4.74 Å². The summed E-state index contributed by atoms with van der Waals surface area (Å²) in [6.07, 6.45) is 1.71. The Labute approximate surface area is 127 Å². The molecule has 2 nitrogen and oxygen atoms in total. The Morgan fingerprint density at radius 1 is 1.14 bits per heavy atom. The molecule has 0 spiro atoms. The van der Waals surface area contributed by atoms with Gasteiger partial charge in [0.2, 0.25) is 0 Å². The summed E-state index contributed by atoms with van der Waals surface area (Å²) in [6, 6.07) is 18.6. The molecule has 1 atom stereocenters. The summed E-state index contributed by atoms with van der Waals surface area (Å²) in [5, 5.41) is 9.32. The van der Waals surface area contributed by atoms with E-state index in [0.29, 0.717) is 13.0 Å². The largest absolute Gasteiger partial charge is 0.494 e. The third-order valence-electron chi connectivity index (χ3n) is 3.62. The van der Waals surface area contributed by atoms with Crippen molar-refractivity contribution >= 4 is 0 Å². The monoisotopic (exact) mass is 279 g/mol. The number of ether oxygens (including phenoxy) is 1. The first-order valence-electron chi connectivity index (χ1n) is 7.41. The second-order valence-electron chi connectivity index (χ2n) is 5.23. The van der Waals surface area contributed by atoms with Gasteiger partial charge >= 0.3 is 0 Å². The predicted octanol–water partition coefficient (Wildman–Crippen LogP) is 4.63. The smallest absolute Gasteiger partial charge is 0.119 e. The fraction of sp³-hybridized carbons (Fsp3) is 0.316. The average molecular weight is 279 g/mol. The summed E-state index contributed by atoms with van der Waals surface area (Å²) < 4.78 is 5.77. The highest BCUT2D eigenvalue weighted by Crippen LogP contribution is 2.20. The van der Waals surface area contributed by atoms with Crippen molar-refractivity contribution in [1.29, 1.82) is 5.26 Å². The van der Waals surface area contributed by atoms with Crippen LogP contribution in [-0.2, 0) is 6.42 Å². The van der Waals surface area contributed by atoms with Crippen molar-refractivity contribution in [2.24, 2.45) is 0 Å². The minimum atomic E-state index is -0.111. The summed E-state index contributed by atoms with van der Waals surface area (Å²) in [7, 11) is 0. The van der Waals surface area contributed by atoms with E-state index >= 15 is 0 Å². The van der Waals surface area contributed by atoms with Crippen LogP contribution in [0.4, 0.5) is 0 Å². The summed E-state index contributed by atoms with van der Waals surface area (Å²) in [4.78, 5) is 0. The lowest BCUT2D eigenvalue weighted by molar-refractivity contribution is 0.305. The molecule has 0 aliphatic carbocycles. The quantitative estimate of drug-likeness (QED) is 0.772. The molecule has 0 bridgehead atoms. The highest BCUT2D eigenvalue weighted by molar-refractivity contribution is 5.29. The van der Waals surface area contributed by atoms with E-state index in [9.17, 15) is 5.26 Å². The molecule has 21 heavy (non-hydrogen) atoms. The molecule has 0 amide bonds. The van der Waals surface area contributed by atoms with E-state index in [4.69, 9.17) is 4.74 Å². The minimum Gasteiger partial charge on any atom is -0.494 e. The van der Waals surface area contributed by atoms with Crippen molar-refractivity contribution in [2.45, 2.75) is 32.6 Å². The van der Waals surface area contributed by atoms with Crippen molar-refractivity contribution in [3.63, 3.8) is 0 Å². The second kappa shape index (κ2) is 7.50. The van der Waals surface area contributed by atoms with E-state index in [1.165, 1.54) is 11.1 Å². The van der Waals surface area contributed by atoms with Gasteiger partial charge in [-0.15, -0.1) is 0 Å². The number of hydrogen-bond acceptors (Lipinski definition) is 2. The number of nitriles is 1. The zero-order valence-corrected chi connectivity index (χ0v) is 12.7. The zero-order valence-electron chi connectivity index (χ0n) is 12.7. The maximum Gasteiger partial charge on any atom is 0.119 e. The Morgan fingerprint density at radius 2 is 1.90 bits per heavy atom. The maximum atomic E-state index is 9.32. The first kappa shape index (κ1) is 15.1. The van der Waals surface area contributed by atoms with E-state index < -0.39 is 0 Å². The Bertz CT molecular complexity index is 610. The van der Waals surface area contributed by atoms with Gasteiger partial charge in [-0.25, -0.2) is 0 Å². The van der Waals surface area contributed by atoms with Crippen LogP contribution in [-0.4, -0.2) is 6.61 Å². The van der Waals surface area contributed by atoms with Crippen LogP contribution >= 0.6 is 0 Å². The zero-order chi connectivity index (χ0) is 15.1. The van der Waals surface area contributed by atoms with Gasteiger partial charge in [-0.2, -0.15) is 5.26 Å². The summed E-state index contributed by atoms with van der Waals surface area (Å²) in [5.41, 5.74) is 3.54. The third kappa shape index (κ3) is 4.36. The highest BCUT2D eigenvalue weighted by atomic mass is 16.5. The van der Waals surface area contributed by atoms with Crippen LogP contribution < -0.4 is 4.74 Å². The molecule has 1 unspecified atom stereocenters. The van der Waals surface area contributed by atoms with Gasteiger partial charge in [0.1, 0.15) is 5.75 Å². The van der Waals surface area contributed by atoms with Crippen LogP contribution in [0.15, 0.2) is 48.5 Å². The topological polar surface area (TPSA) is 33.0 Å². The Morgan fingerprint density at radius 3 is 2.57 bits per heavy atom. The minimum absolute atomic E-state index is 0.111. The van der Waals surface area contributed by atoms with Crippen LogP contribution in [0.25, 0.3) is 0 Å². The molecule has 108 valence electrons. The molecule has 0 radical (unpaired) electrons. The van der Waals surface area contributed by atoms with E-state index in [1.807, 2.05) is 36.4 Å². The van der Waals surface area contributed by atoms with Crippen molar-refractivity contribution < 1.29 is 4.74 Å². The Balaban J connectivity index is 1.91. The maximum absolute atomic E-state index is 9.32. The van der Waals surface area contributed by atoms with Gasteiger partial charge in [-0.05, 0) is 36.6 Å². The molecule has 2 aromatic carbocycles. The molecule has 0 saturated carbocycles. The molecule has 0 N–H and O–H groups in total. The molecular weight excluding hydrogens is 258 g/mol. The summed E-state index contributed by atoms with van der Waals surface area (Å²) in [6.45, 7) is 4.73. The van der Waals surface area contributed by atoms with E-state index in [0.717, 1.165) is 17.7 Å². The summed E-state index contributed by atoms with van der Waals surface area (Å²) >= 11 is 0. The SMILES string of the molecule is CCc1cccc(OCCC(C#N)c2ccc(C)cc2)c1. The van der Waals surface area contributed by atoms with Crippen LogP contribution in [0.3, 0.4) is 0 Å².